The molecule has 1 saturated heterocycles. The van der Waals surface area contributed by atoms with Gasteiger partial charge < -0.3 is 4.90 Å². The molecule has 1 aliphatic rings. The van der Waals surface area contributed by atoms with Crippen LogP contribution in [0.5, 0.6) is 0 Å². The summed E-state index contributed by atoms with van der Waals surface area (Å²) >= 11 is 0. The zero-order valence-corrected chi connectivity index (χ0v) is 16.9. The lowest BCUT2D eigenvalue weighted by atomic mass is 9.92. The fourth-order valence-electron chi connectivity index (χ4n) is 3.55. The van der Waals surface area contributed by atoms with E-state index in [1.54, 1.807) is 0 Å². The molecule has 0 spiro atoms. The Morgan fingerprint density at radius 1 is 1.07 bits per heavy atom. The SMILES string of the molecule is Cc1ccc(-c2cc(C)nc(C3CN(C(=O)c4cc(C(C)C)[nH]n4)C3)c2)cc1. The molecule has 1 fully saturated rings. The van der Waals surface area contributed by atoms with Crippen LogP contribution >= 0.6 is 0 Å². The number of H-pyrrole nitrogens is 1. The molecule has 2 aromatic heterocycles. The van der Waals surface area contributed by atoms with Crippen LogP contribution in [0, 0.1) is 13.8 Å². The molecular formula is C23H26N4O. The van der Waals surface area contributed by atoms with Gasteiger partial charge in [-0.1, -0.05) is 43.7 Å². The number of hydrogen-bond acceptors (Lipinski definition) is 3. The van der Waals surface area contributed by atoms with Crippen LogP contribution in [-0.4, -0.2) is 39.1 Å². The predicted molar refractivity (Wildman–Crippen MR) is 110 cm³/mol. The van der Waals surface area contributed by atoms with E-state index in [0.29, 0.717) is 24.7 Å². The van der Waals surface area contributed by atoms with Crippen LogP contribution in [0.1, 0.15) is 58.8 Å². The second-order valence-electron chi connectivity index (χ2n) is 8.06. The summed E-state index contributed by atoms with van der Waals surface area (Å²) in [7, 11) is 0. The number of nitrogens with one attached hydrogen (secondary N) is 1. The molecule has 0 bridgehead atoms. The van der Waals surface area contributed by atoms with Gasteiger partial charge in [0.2, 0.25) is 0 Å². The maximum Gasteiger partial charge on any atom is 0.274 e. The quantitative estimate of drug-likeness (QED) is 0.734. The zero-order valence-electron chi connectivity index (χ0n) is 16.9. The number of likely N-dealkylation sites (tertiary alicyclic amines) is 1. The molecule has 3 aromatic rings. The largest absolute Gasteiger partial charge is 0.336 e. The molecular weight excluding hydrogens is 348 g/mol. The Morgan fingerprint density at radius 3 is 2.43 bits per heavy atom. The van der Waals surface area contributed by atoms with Crippen molar-refractivity contribution in [3.63, 3.8) is 0 Å². The number of aryl methyl sites for hydroxylation is 2. The van der Waals surface area contributed by atoms with Crippen LogP contribution in [0.3, 0.4) is 0 Å². The van der Waals surface area contributed by atoms with Crippen molar-refractivity contribution in [3.05, 3.63) is 70.8 Å². The van der Waals surface area contributed by atoms with Gasteiger partial charge in [-0.2, -0.15) is 5.10 Å². The van der Waals surface area contributed by atoms with Crippen LogP contribution in [0.4, 0.5) is 0 Å². The lowest BCUT2D eigenvalue weighted by molar-refractivity contribution is 0.0592. The number of amides is 1. The van der Waals surface area contributed by atoms with Gasteiger partial charge >= 0.3 is 0 Å². The van der Waals surface area contributed by atoms with E-state index in [9.17, 15) is 4.79 Å². The number of aromatic amines is 1. The lowest BCUT2D eigenvalue weighted by Crippen LogP contribution is -2.48. The summed E-state index contributed by atoms with van der Waals surface area (Å²) < 4.78 is 0. The smallest absolute Gasteiger partial charge is 0.274 e. The standard InChI is InChI=1S/C23H26N4O/c1-14(2)20-11-22(26-25-20)23(28)27-12-19(13-27)21-10-18(9-16(4)24-21)17-7-5-15(3)6-8-17/h5-11,14,19H,12-13H2,1-4H3,(H,25,26). The average molecular weight is 374 g/mol. The van der Waals surface area contributed by atoms with E-state index < -0.39 is 0 Å². The molecule has 1 N–H and O–H groups in total. The Bertz CT molecular complexity index is 998. The van der Waals surface area contributed by atoms with E-state index in [4.69, 9.17) is 4.98 Å². The summed E-state index contributed by atoms with van der Waals surface area (Å²) in [5, 5.41) is 7.14. The van der Waals surface area contributed by atoms with Crippen molar-refractivity contribution >= 4 is 5.91 Å². The fourth-order valence-corrected chi connectivity index (χ4v) is 3.55. The minimum Gasteiger partial charge on any atom is -0.336 e. The molecule has 5 heteroatoms. The number of carbonyl (C=O) groups excluding carboxylic acids is 1. The van der Waals surface area contributed by atoms with E-state index in [0.717, 1.165) is 17.1 Å². The van der Waals surface area contributed by atoms with E-state index in [1.165, 1.54) is 16.7 Å². The number of rotatable bonds is 4. The van der Waals surface area contributed by atoms with Crippen LogP contribution in [0.2, 0.25) is 0 Å². The van der Waals surface area contributed by atoms with Crippen LogP contribution in [0.15, 0.2) is 42.5 Å². The predicted octanol–water partition coefficient (Wildman–Crippen LogP) is 4.45. The van der Waals surface area contributed by atoms with Crippen molar-refractivity contribution in [2.45, 2.75) is 39.5 Å². The van der Waals surface area contributed by atoms with Crippen LogP contribution < -0.4 is 0 Å². The molecule has 28 heavy (non-hydrogen) atoms. The normalized spacial score (nSPS) is 14.4. The first-order valence-corrected chi connectivity index (χ1v) is 9.81. The third kappa shape index (κ3) is 3.57. The minimum atomic E-state index is -0.00851. The van der Waals surface area contributed by atoms with Gasteiger partial charge in [0.15, 0.2) is 0 Å². The molecule has 5 nitrogen and oxygen atoms in total. The van der Waals surface area contributed by atoms with Crippen molar-refractivity contribution < 1.29 is 4.79 Å². The summed E-state index contributed by atoms with van der Waals surface area (Å²) in [4.78, 5) is 19.2. The maximum atomic E-state index is 12.7. The Morgan fingerprint density at radius 2 is 1.79 bits per heavy atom. The van der Waals surface area contributed by atoms with E-state index >= 15 is 0 Å². The fraction of sp³-hybridized carbons (Fsp3) is 0.348. The first-order valence-electron chi connectivity index (χ1n) is 9.81. The highest BCUT2D eigenvalue weighted by atomic mass is 16.2. The van der Waals surface area contributed by atoms with Gasteiger partial charge in [-0.3, -0.25) is 14.9 Å². The molecule has 0 aliphatic carbocycles. The summed E-state index contributed by atoms with van der Waals surface area (Å²) in [5.74, 6) is 0.595. The van der Waals surface area contributed by atoms with E-state index in [1.807, 2.05) is 17.9 Å². The molecule has 4 rings (SSSR count). The number of benzene rings is 1. The topological polar surface area (TPSA) is 61.9 Å². The number of nitrogens with zero attached hydrogens (tertiary/aromatic N) is 3. The van der Waals surface area contributed by atoms with Crippen molar-refractivity contribution in [1.82, 2.24) is 20.1 Å². The molecule has 0 unspecified atom stereocenters. The summed E-state index contributed by atoms with van der Waals surface area (Å²) in [6, 6.07) is 14.7. The molecule has 3 heterocycles. The number of carbonyl (C=O) groups is 1. The minimum absolute atomic E-state index is 0.00851. The number of hydrogen-bond donors (Lipinski definition) is 1. The molecule has 1 aromatic carbocycles. The van der Waals surface area contributed by atoms with Crippen molar-refractivity contribution in [2.75, 3.05) is 13.1 Å². The second kappa shape index (κ2) is 7.23. The van der Waals surface area contributed by atoms with Gasteiger partial charge in [-0.05, 0) is 49.1 Å². The van der Waals surface area contributed by atoms with Crippen molar-refractivity contribution in [3.8, 4) is 11.1 Å². The highest BCUT2D eigenvalue weighted by Gasteiger charge is 2.34. The van der Waals surface area contributed by atoms with Gasteiger partial charge in [0.05, 0.1) is 0 Å². The van der Waals surface area contributed by atoms with Gasteiger partial charge in [0, 0.05) is 36.1 Å². The third-order valence-electron chi connectivity index (χ3n) is 5.38. The van der Waals surface area contributed by atoms with E-state index in [2.05, 4.69) is 67.4 Å². The third-order valence-corrected chi connectivity index (χ3v) is 5.38. The van der Waals surface area contributed by atoms with Crippen molar-refractivity contribution in [2.24, 2.45) is 0 Å². The Kier molecular flexibility index (Phi) is 4.75. The lowest BCUT2D eigenvalue weighted by Gasteiger charge is -2.38. The Balaban J connectivity index is 1.48. The van der Waals surface area contributed by atoms with Gasteiger partial charge in [0.1, 0.15) is 5.69 Å². The van der Waals surface area contributed by atoms with Crippen molar-refractivity contribution in [1.29, 1.82) is 0 Å². The second-order valence-corrected chi connectivity index (χ2v) is 8.06. The highest BCUT2D eigenvalue weighted by Crippen LogP contribution is 2.30. The molecule has 1 amide bonds. The number of pyridine rings is 1. The molecule has 1 aliphatic heterocycles. The highest BCUT2D eigenvalue weighted by molar-refractivity contribution is 5.93. The Hall–Kier alpha value is -2.95. The molecule has 0 saturated carbocycles. The Labute approximate surface area is 165 Å². The molecule has 0 radical (unpaired) electrons. The molecule has 0 atom stereocenters. The zero-order chi connectivity index (χ0) is 19.8. The summed E-state index contributed by atoms with van der Waals surface area (Å²) in [6.07, 6.45) is 0. The monoisotopic (exact) mass is 374 g/mol. The van der Waals surface area contributed by atoms with Crippen LogP contribution in [0.25, 0.3) is 11.1 Å². The summed E-state index contributed by atoms with van der Waals surface area (Å²) in [5.41, 5.74) is 7.19. The van der Waals surface area contributed by atoms with Gasteiger partial charge in [-0.25, -0.2) is 0 Å². The first-order chi connectivity index (χ1) is 13.4. The first kappa shape index (κ1) is 18.4. The van der Waals surface area contributed by atoms with Gasteiger partial charge in [0.25, 0.3) is 5.91 Å². The van der Waals surface area contributed by atoms with Crippen LogP contribution in [-0.2, 0) is 0 Å². The van der Waals surface area contributed by atoms with E-state index in [-0.39, 0.29) is 11.8 Å². The average Bonchev–Trinajstić information content (AvgIpc) is 3.11. The number of aromatic nitrogens is 3. The summed E-state index contributed by atoms with van der Waals surface area (Å²) in [6.45, 7) is 9.66. The maximum absolute atomic E-state index is 12.7. The van der Waals surface area contributed by atoms with Gasteiger partial charge in [-0.15, -0.1) is 0 Å². The molecule has 144 valence electrons.